The van der Waals surface area contributed by atoms with Crippen LogP contribution in [0.3, 0.4) is 0 Å². The lowest BCUT2D eigenvalue weighted by atomic mass is 10.1. The topological polar surface area (TPSA) is 59.8 Å². The van der Waals surface area contributed by atoms with Crippen LogP contribution >= 0.6 is 0 Å². The zero-order valence-corrected chi connectivity index (χ0v) is 17.1. The number of pyridine rings is 1. The zero-order valence-electron chi connectivity index (χ0n) is 17.1. The number of hydrogen-bond donors (Lipinski definition) is 1. The first-order chi connectivity index (χ1) is 15.5. The van der Waals surface area contributed by atoms with Crippen molar-refractivity contribution in [2.24, 2.45) is 7.05 Å². The minimum Gasteiger partial charge on any atom is -0.381 e. The van der Waals surface area contributed by atoms with Crippen LogP contribution in [0.2, 0.25) is 0 Å². The van der Waals surface area contributed by atoms with Crippen LogP contribution in [0.5, 0.6) is 0 Å². The van der Waals surface area contributed by atoms with Gasteiger partial charge in [-0.05, 0) is 47.3 Å². The van der Waals surface area contributed by atoms with E-state index in [1.807, 2.05) is 43.6 Å². The van der Waals surface area contributed by atoms with Crippen molar-refractivity contribution in [3.8, 4) is 11.1 Å². The summed E-state index contributed by atoms with van der Waals surface area (Å²) < 4.78 is 28.6. The number of fused-ring (bicyclic) bond motifs is 2. The van der Waals surface area contributed by atoms with Crippen LogP contribution in [-0.2, 0) is 13.6 Å². The van der Waals surface area contributed by atoms with Crippen molar-refractivity contribution in [3.63, 3.8) is 0 Å². The number of anilines is 1. The van der Waals surface area contributed by atoms with Gasteiger partial charge in [0.25, 0.3) is 0 Å². The van der Waals surface area contributed by atoms with Crippen LogP contribution in [0.4, 0.5) is 14.5 Å². The fourth-order valence-corrected chi connectivity index (χ4v) is 3.76. The highest BCUT2D eigenvalue weighted by atomic mass is 19.1. The van der Waals surface area contributed by atoms with E-state index >= 15 is 0 Å². The van der Waals surface area contributed by atoms with Crippen molar-refractivity contribution in [2.75, 3.05) is 5.32 Å². The Morgan fingerprint density at radius 2 is 1.69 bits per heavy atom. The Labute approximate surface area is 182 Å². The van der Waals surface area contributed by atoms with E-state index in [1.165, 1.54) is 12.1 Å². The lowest BCUT2D eigenvalue weighted by molar-refractivity contribution is 0.580. The predicted octanol–water partition coefficient (Wildman–Crippen LogP) is 5.04. The second-order valence-electron chi connectivity index (χ2n) is 7.66. The van der Waals surface area contributed by atoms with Gasteiger partial charge in [0.1, 0.15) is 11.6 Å². The van der Waals surface area contributed by atoms with Crippen LogP contribution in [-0.4, -0.2) is 14.8 Å². The number of hydrogen-bond acceptors (Lipinski definition) is 4. The summed E-state index contributed by atoms with van der Waals surface area (Å²) in [7, 11) is 1.83. The number of halogens is 2. The summed E-state index contributed by atoms with van der Waals surface area (Å²) in [6, 6.07) is 14.3. The number of rotatable bonds is 4. The van der Waals surface area contributed by atoms with E-state index in [0.717, 1.165) is 22.6 Å². The molecule has 0 aliphatic heterocycles. The largest absolute Gasteiger partial charge is 0.381 e. The Morgan fingerprint density at radius 3 is 2.44 bits per heavy atom. The molecule has 0 saturated heterocycles. The third kappa shape index (κ3) is 3.80. The molecular weight excluding hydrogens is 410 g/mol. The molecule has 5 aromatic rings. The van der Waals surface area contributed by atoms with E-state index in [2.05, 4.69) is 15.4 Å². The van der Waals surface area contributed by atoms with Gasteiger partial charge in [0.2, 0.25) is 0 Å². The summed E-state index contributed by atoms with van der Waals surface area (Å²) in [6.45, 7) is 0.223. The molecule has 0 amide bonds. The maximum Gasteiger partial charge on any atom is 0.195 e. The van der Waals surface area contributed by atoms with Gasteiger partial charge < -0.3 is 5.32 Å². The molecule has 32 heavy (non-hydrogen) atoms. The molecule has 3 aromatic carbocycles. The van der Waals surface area contributed by atoms with Gasteiger partial charge in [0.15, 0.2) is 5.43 Å². The third-order valence-electron chi connectivity index (χ3n) is 5.34. The molecule has 0 saturated carbocycles. The monoisotopic (exact) mass is 428 g/mol. The molecular formula is C25H18F2N4O. The first-order valence-electron chi connectivity index (χ1n) is 10.0. The summed E-state index contributed by atoms with van der Waals surface area (Å²) in [6.07, 6.45) is 5.33. The lowest BCUT2D eigenvalue weighted by Crippen LogP contribution is -2.03. The fraction of sp³-hybridized carbons (Fsp3) is 0.0800. The number of benzene rings is 2. The molecule has 0 radical (unpaired) electrons. The maximum absolute atomic E-state index is 13.4. The van der Waals surface area contributed by atoms with Gasteiger partial charge >= 0.3 is 0 Å². The zero-order chi connectivity index (χ0) is 22.2. The number of aryl methyl sites for hydroxylation is 1. The van der Waals surface area contributed by atoms with Gasteiger partial charge in [0, 0.05) is 59.6 Å². The highest BCUT2D eigenvalue weighted by molar-refractivity contribution is 5.94. The van der Waals surface area contributed by atoms with Gasteiger partial charge in [-0.25, -0.2) is 8.78 Å². The van der Waals surface area contributed by atoms with E-state index in [0.29, 0.717) is 27.5 Å². The summed E-state index contributed by atoms with van der Waals surface area (Å²) in [5.74, 6) is -1.25. The second kappa shape index (κ2) is 7.85. The van der Waals surface area contributed by atoms with Crippen molar-refractivity contribution >= 4 is 27.4 Å². The van der Waals surface area contributed by atoms with E-state index in [9.17, 15) is 13.6 Å². The summed E-state index contributed by atoms with van der Waals surface area (Å²) in [5.41, 5.74) is 3.29. The van der Waals surface area contributed by atoms with Crippen LogP contribution < -0.4 is 10.7 Å². The van der Waals surface area contributed by atoms with Crippen LogP contribution in [0.15, 0.2) is 78.0 Å². The molecule has 0 bridgehead atoms. The van der Waals surface area contributed by atoms with Crippen molar-refractivity contribution in [1.82, 2.24) is 14.8 Å². The standard InChI is InChI=1S/C25H18F2N4O/c1-31-14-18(13-30-31)17-8-23-24(29-12-17)5-3-16-2-4-21(10-22(16)25(23)32)28-11-15-6-19(26)9-20(27)7-15/h2-10,12-14,28H,11H2,1H3. The molecule has 0 aliphatic carbocycles. The van der Waals surface area contributed by atoms with Gasteiger partial charge in [-0.3, -0.25) is 14.5 Å². The maximum atomic E-state index is 13.4. The summed E-state index contributed by atoms with van der Waals surface area (Å²) >= 11 is 0. The van der Waals surface area contributed by atoms with E-state index in [-0.39, 0.29) is 12.0 Å². The first kappa shape index (κ1) is 19.8. The van der Waals surface area contributed by atoms with Gasteiger partial charge in [0.05, 0.1) is 11.7 Å². The minimum absolute atomic E-state index is 0.140. The Balaban J connectivity index is 1.57. The van der Waals surface area contributed by atoms with Crippen LogP contribution in [0, 0.1) is 11.6 Å². The molecule has 0 spiro atoms. The Morgan fingerprint density at radius 1 is 0.906 bits per heavy atom. The molecule has 2 heterocycles. The predicted molar refractivity (Wildman–Crippen MR) is 121 cm³/mol. The molecule has 158 valence electrons. The van der Waals surface area contributed by atoms with E-state index in [1.54, 1.807) is 23.1 Å². The molecule has 2 aromatic heterocycles. The van der Waals surface area contributed by atoms with E-state index in [4.69, 9.17) is 0 Å². The SMILES string of the molecule is Cn1cc(-c2cnc3ccc4ccc(NCc5cc(F)cc(F)c5)cc4c(=O)c3c2)cn1. The van der Waals surface area contributed by atoms with Gasteiger partial charge in [-0.15, -0.1) is 0 Å². The number of nitrogens with one attached hydrogen (secondary N) is 1. The summed E-state index contributed by atoms with van der Waals surface area (Å²) in [5, 5.41) is 9.13. The molecule has 0 fully saturated rings. The van der Waals surface area contributed by atoms with Crippen molar-refractivity contribution in [3.05, 3.63) is 101 Å². The quantitative estimate of drug-likeness (QED) is 0.436. The Hall–Kier alpha value is -4.13. The molecule has 0 unspecified atom stereocenters. The molecule has 5 rings (SSSR count). The number of aromatic nitrogens is 3. The molecule has 7 heteroatoms. The molecule has 0 aliphatic rings. The Bertz CT molecular complexity index is 1520. The minimum atomic E-state index is -0.627. The highest BCUT2D eigenvalue weighted by Gasteiger charge is 2.08. The third-order valence-corrected chi connectivity index (χ3v) is 5.34. The van der Waals surface area contributed by atoms with E-state index < -0.39 is 11.6 Å². The molecule has 1 N–H and O–H groups in total. The average molecular weight is 428 g/mol. The Kier molecular flexibility index (Phi) is 4.86. The van der Waals surface area contributed by atoms with Gasteiger partial charge in [-0.1, -0.05) is 12.1 Å². The van der Waals surface area contributed by atoms with Gasteiger partial charge in [-0.2, -0.15) is 5.10 Å². The highest BCUT2D eigenvalue weighted by Crippen LogP contribution is 2.23. The molecule has 5 nitrogen and oxygen atoms in total. The lowest BCUT2D eigenvalue weighted by Gasteiger charge is -2.07. The normalized spacial score (nSPS) is 11.2. The summed E-state index contributed by atoms with van der Waals surface area (Å²) in [4.78, 5) is 17.9. The van der Waals surface area contributed by atoms with Crippen molar-refractivity contribution in [2.45, 2.75) is 6.54 Å². The molecule has 0 atom stereocenters. The fourth-order valence-electron chi connectivity index (χ4n) is 3.76. The average Bonchev–Trinajstić information content (AvgIpc) is 3.16. The smallest absolute Gasteiger partial charge is 0.195 e. The van der Waals surface area contributed by atoms with Crippen molar-refractivity contribution < 1.29 is 8.78 Å². The first-order valence-corrected chi connectivity index (χ1v) is 10.0. The second-order valence-corrected chi connectivity index (χ2v) is 7.66. The van der Waals surface area contributed by atoms with Crippen LogP contribution in [0.25, 0.3) is 32.8 Å². The van der Waals surface area contributed by atoms with Crippen molar-refractivity contribution in [1.29, 1.82) is 0 Å². The number of nitrogens with zero attached hydrogens (tertiary/aromatic N) is 3. The van der Waals surface area contributed by atoms with Crippen LogP contribution in [0.1, 0.15) is 5.56 Å².